The molecule has 0 unspecified atom stereocenters. The maximum Gasteiger partial charge on any atom is 0.178 e. The Balaban J connectivity index is 2.60. The smallest absolute Gasteiger partial charge is 0.178 e. The van der Waals surface area contributed by atoms with Crippen molar-refractivity contribution in [3.8, 4) is 0 Å². The highest BCUT2D eigenvalue weighted by molar-refractivity contribution is 6.38. The summed E-state index contributed by atoms with van der Waals surface area (Å²) in [7, 11) is 1.87. The van der Waals surface area contributed by atoms with Crippen LogP contribution in [0.25, 0.3) is 0 Å². The lowest BCUT2D eigenvalue weighted by Crippen LogP contribution is -2.17. The number of carbonyl (C=O) groups excluding carboxylic acids is 1. The molecule has 3 nitrogen and oxygen atoms in total. The van der Waals surface area contributed by atoms with Crippen molar-refractivity contribution in [1.29, 1.82) is 0 Å². The van der Waals surface area contributed by atoms with Gasteiger partial charge in [0.15, 0.2) is 5.78 Å². The molecule has 0 aliphatic heterocycles. The Kier molecular flexibility index (Phi) is 4.70. The van der Waals surface area contributed by atoms with E-state index in [1.165, 1.54) is 5.56 Å². The summed E-state index contributed by atoms with van der Waals surface area (Å²) in [5.74, 6) is 0.0971. The molecule has 0 atom stereocenters. The number of hydrazone groups is 1. The van der Waals surface area contributed by atoms with Gasteiger partial charge in [-0.15, -0.1) is 0 Å². The number of benzene rings is 1. The summed E-state index contributed by atoms with van der Waals surface area (Å²) in [6.45, 7) is 4.32. The molecule has 0 N–H and O–H groups in total. The van der Waals surface area contributed by atoms with E-state index in [-0.39, 0.29) is 5.78 Å². The molecular formula is C13H18N2O. The second-order valence-corrected chi connectivity index (χ2v) is 3.76. The van der Waals surface area contributed by atoms with Crippen molar-refractivity contribution < 1.29 is 4.79 Å². The maximum absolute atomic E-state index is 11.3. The molecule has 86 valence electrons. The third kappa shape index (κ3) is 3.85. The number of Topliss-reactive ketones (excluding diaryl/α,β-unsaturated/α-hetero) is 1. The standard InChI is InChI=1S/C13H18N2O/c1-4-13(16)11(2)14-15(3)10-12-8-6-5-7-9-12/h5-9H,4,10H2,1-3H3. The van der Waals surface area contributed by atoms with E-state index in [2.05, 4.69) is 5.10 Å². The van der Waals surface area contributed by atoms with Crippen LogP contribution in [0.5, 0.6) is 0 Å². The van der Waals surface area contributed by atoms with Crippen LogP contribution in [-0.4, -0.2) is 23.6 Å². The van der Waals surface area contributed by atoms with Crippen LogP contribution in [0.15, 0.2) is 35.4 Å². The number of nitrogens with zero attached hydrogens (tertiary/aromatic N) is 2. The zero-order valence-electron chi connectivity index (χ0n) is 10.1. The van der Waals surface area contributed by atoms with Gasteiger partial charge in [0.2, 0.25) is 0 Å². The highest BCUT2D eigenvalue weighted by Crippen LogP contribution is 2.03. The van der Waals surface area contributed by atoms with E-state index in [0.29, 0.717) is 12.1 Å². The summed E-state index contributed by atoms with van der Waals surface area (Å²) in [6.07, 6.45) is 0.508. The van der Waals surface area contributed by atoms with Crippen LogP contribution in [-0.2, 0) is 11.3 Å². The lowest BCUT2D eigenvalue weighted by Gasteiger charge is -2.13. The molecule has 1 aromatic carbocycles. The van der Waals surface area contributed by atoms with Crippen molar-refractivity contribution in [2.24, 2.45) is 5.10 Å². The van der Waals surface area contributed by atoms with Gasteiger partial charge >= 0.3 is 0 Å². The first-order valence-corrected chi connectivity index (χ1v) is 5.47. The minimum atomic E-state index is 0.0971. The number of carbonyl (C=O) groups is 1. The van der Waals surface area contributed by atoms with Crippen molar-refractivity contribution >= 4 is 11.5 Å². The largest absolute Gasteiger partial charge is 0.295 e. The zero-order chi connectivity index (χ0) is 12.0. The van der Waals surface area contributed by atoms with Crippen molar-refractivity contribution in [2.45, 2.75) is 26.8 Å². The number of hydrogen-bond donors (Lipinski definition) is 0. The summed E-state index contributed by atoms with van der Waals surface area (Å²) in [5, 5.41) is 6.03. The third-order valence-corrected chi connectivity index (χ3v) is 2.30. The van der Waals surface area contributed by atoms with Gasteiger partial charge in [0.05, 0.1) is 6.54 Å². The van der Waals surface area contributed by atoms with Gasteiger partial charge < -0.3 is 0 Å². The predicted octanol–water partition coefficient (Wildman–Crippen LogP) is 2.47. The Morgan fingerprint density at radius 2 is 1.94 bits per heavy atom. The first kappa shape index (κ1) is 12.4. The Bertz CT molecular complexity index is 371. The van der Waals surface area contributed by atoms with E-state index < -0.39 is 0 Å². The van der Waals surface area contributed by atoms with Crippen LogP contribution in [0.2, 0.25) is 0 Å². The van der Waals surface area contributed by atoms with Gasteiger partial charge in [-0.25, -0.2) is 0 Å². The monoisotopic (exact) mass is 218 g/mol. The quantitative estimate of drug-likeness (QED) is 0.562. The minimum Gasteiger partial charge on any atom is -0.295 e. The van der Waals surface area contributed by atoms with Gasteiger partial charge in [0, 0.05) is 13.5 Å². The number of hydrogen-bond acceptors (Lipinski definition) is 3. The summed E-state index contributed by atoms with van der Waals surface area (Å²) < 4.78 is 0. The van der Waals surface area contributed by atoms with Crippen LogP contribution in [0, 0.1) is 0 Å². The van der Waals surface area contributed by atoms with Crippen LogP contribution < -0.4 is 0 Å². The molecular weight excluding hydrogens is 200 g/mol. The average molecular weight is 218 g/mol. The van der Waals surface area contributed by atoms with E-state index in [1.54, 1.807) is 11.9 Å². The Morgan fingerprint density at radius 1 is 1.31 bits per heavy atom. The van der Waals surface area contributed by atoms with Crippen molar-refractivity contribution in [3.05, 3.63) is 35.9 Å². The molecule has 0 saturated heterocycles. The molecule has 16 heavy (non-hydrogen) atoms. The molecule has 0 saturated carbocycles. The highest BCUT2D eigenvalue weighted by Gasteiger charge is 2.04. The lowest BCUT2D eigenvalue weighted by atomic mass is 10.2. The fourth-order valence-corrected chi connectivity index (χ4v) is 1.45. The van der Waals surface area contributed by atoms with E-state index in [4.69, 9.17) is 0 Å². The highest BCUT2D eigenvalue weighted by atomic mass is 16.1. The van der Waals surface area contributed by atoms with Gasteiger partial charge in [-0.05, 0) is 12.5 Å². The predicted molar refractivity (Wildman–Crippen MR) is 66.3 cm³/mol. The van der Waals surface area contributed by atoms with Crippen molar-refractivity contribution in [2.75, 3.05) is 7.05 Å². The lowest BCUT2D eigenvalue weighted by molar-refractivity contribution is -0.112. The molecule has 1 rings (SSSR count). The van der Waals surface area contributed by atoms with Crippen LogP contribution in [0.3, 0.4) is 0 Å². The molecule has 3 heteroatoms. The number of rotatable bonds is 5. The molecule has 0 aliphatic carbocycles. The fourth-order valence-electron chi connectivity index (χ4n) is 1.45. The zero-order valence-corrected chi connectivity index (χ0v) is 10.1. The molecule has 0 bridgehead atoms. The van der Waals surface area contributed by atoms with Gasteiger partial charge in [0.25, 0.3) is 0 Å². The second-order valence-electron chi connectivity index (χ2n) is 3.76. The molecule has 0 fully saturated rings. The van der Waals surface area contributed by atoms with Gasteiger partial charge in [-0.2, -0.15) is 5.10 Å². The Labute approximate surface area is 96.8 Å². The first-order chi connectivity index (χ1) is 7.63. The maximum atomic E-state index is 11.3. The van der Waals surface area contributed by atoms with E-state index in [9.17, 15) is 4.79 Å². The van der Waals surface area contributed by atoms with E-state index in [0.717, 1.165) is 6.54 Å². The van der Waals surface area contributed by atoms with Gasteiger partial charge in [0.1, 0.15) is 5.71 Å². The molecule has 0 aromatic heterocycles. The van der Waals surface area contributed by atoms with E-state index >= 15 is 0 Å². The molecule has 0 aliphatic rings. The molecule has 1 aromatic rings. The van der Waals surface area contributed by atoms with Crippen molar-refractivity contribution in [3.63, 3.8) is 0 Å². The third-order valence-electron chi connectivity index (χ3n) is 2.30. The molecule has 0 radical (unpaired) electrons. The van der Waals surface area contributed by atoms with Crippen molar-refractivity contribution in [1.82, 2.24) is 5.01 Å². The second kappa shape index (κ2) is 6.05. The van der Waals surface area contributed by atoms with Gasteiger partial charge in [-0.1, -0.05) is 37.3 Å². The Hall–Kier alpha value is -1.64. The normalized spacial score (nSPS) is 11.3. The van der Waals surface area contributed by atoms with E-state index in [1.807, 2.05) is 44.3 Å². The topological polar surface area (TPSA) is 32.7 Å². The van der Waals surface area contributed by atoms with Crippen LogP contribution >= 0.6 is 0 Å². The summed E-state index contributed by atoms with van der Waals surface area (Å²) in [5.41, 5.74) is 1.76. The molecule has 0 heterocycles. The minimum absolute atomic E-state index is 0.0971. The SMILES string of the molecule is CCC(=O)C(C)=NN(C)Cc1ccccc1. The van der Waals surface area contributed by atoms with Crippen LogP contribution in [0.1, 0.15) is 25.8 Å². The first-order valence-electron chi connectivity index (χ1n) is 5.47. The Morgan fingerprint density at radius 3 is 2.50 bits per heavy atom. The van der Waals surface area contributed by atoms with Crippen LogP contribution in [0.4, 0.5) is 0 Å². The molecule has 0 spiro atoms. The summed E-state index contributed by atoms with van der Waals surface area (Å²) in [6, 6.07) is 10.1. The van der Waals surface area contributed by atoms with Gasteiger partial charge in [-0.3, -0.25) is 9.80 Å². The summed E-state index contributed by atoms with van der Waals surface area (Å²) in [4.78, 5) is 11.3. The average Bonchev–Trinajstić information content (AvgIpc) is 2.29. The summed E-state index contributed by atoms with van der Waals surface area (Å²) >= 11 is 0. The number of ketones is 1. The fraction of sp³-hybridized carbons (Fsp3) is 0.385. The molecule has 0 amide bonds.